The Labute approximate surface area is 275 Å². The Kier molecular flexibility index (Phi) is 11.6. The molecule has 3 saturated carbocycles. The van der Waals surface area contributed by atoms with Crippen LogP contribution in [0.4, 0.5) is 5.69 Å². The van der Waals surface area contributed by atoms with Gasteiger partial charge in [0.2, 0.25) is 23.6 Å². The third-order valence-corrected chi connectivity index (χ3v) is 9.60. The standard InChI is InChI=1S/C32H43N5O4.C5H12/c1-20-10-23-11-21(2)15-32(14-20,16-23)31(41)36-27(12-22-8-9-22)30(40)34-18-28(38)37-19-24(13-26(37)17-33)29(39)35-25-6-4-3-5-7-25;1-5(2,3)4/h3-7,20-24,26-27H,8-16,18-19H2,1-2H3,(H,34,40)(H,35,39)(H,36,41);1-4H3. The van der Waals surface area contributed by atoms with Crippen LogP contribution < -0.4 is 16.0 Å². The van der Waals surface area contributed by atoms with Crippen LogP contribution in [0.1, 0.15) is 99.3 Å². The number of nitriles is 1. The van der Waals surface area contributed by atoms with Gasteiger partial charge in [0, 0.05) is 17.6 Å². The molecule has 0 spiro atoms. The van der Waals surface area contributed by atoms with Crippen LogP contribution in [0.2, 0.25) is 0 Å². The van der Waals surface area contributed by atoms with Crippen LogP contribution in [0.25, 0.3) is 0 Å². The molecule has 1 saturated heterocycles. The van der Waals surface area contributed by atoms with Gasteiger partial charge in [0.05, 0.1) is 18.5 Å². The minimum atomic E-state index is -0.735. The van der Waals surface area contributed by atoms with E-state index in [-0.39, 0.29) is 37.2 Å². The molecular formula is C37H55N5O4. The molecule has 2 bridgehead atoms. The summed E-state index contributed by atoms with van der Waals surface area (Å²) in [6.45, 7) is 13.1. The number of nitrogens with one attached hydrogen (secondary N) is 3. The van der Waals surface area contributed by atoms with Gasteiger partial charge in [-0.1, -0.05) is 72.6 Å². The largest absolute Gasteiger partial charge is 0.345 e. The van der Waals surface area contributed by atoms with E-state index in [4.69, 9.17) is 0 Å². The molecule has 1 aromatic carbocycles. The number of para-hydroxylation sites is 1. The van der Waals surface area contributed by atoms with Crippen LogP contribution in [0.15, 0.2) is 30.3 Å². The zero-order valence-corrected chi connectivity index (χ0v) is 28.7. The Morgan fingerprint density at radius 2 is 1.59 bits per heavy atom. The lowest BCUT2D eigenvalue weighted by atomic mass is 9.56. The highest BCUT2D eigenvalue weighted by molar-refractivity contribution is 5.95. The number of hydrogen-bond acceptors (Lipinski definition) is 5. The van der Waals surface area contributed by atoms with E-state index in [1.54, 1.807) is 12.1 Å². The molecule has 3 aliphatic carbocycles. The first kappa shape index (κ1) is 35.4. The van der Waals surface area contributed by atoms with Gasteiger partial charge in [0.25, 0.3) is 0 Å². The highest BCUT2D eigenvalue weighted by Crippen LogP contribution is 2.53. The quantitative estimate of drug-likeness (QED) is 0.322. The maximum atomic E-state index is 13.8. The summed E-state index contributed by atoms with van der Waals surface area (Å²) in [5, 5.41) is 18.4. The number of carbonyl (C=O) groups is 4. The van der Waals surface area contributed by atoms with Gasteiger partial charge >= 0.3 is 0 Å². The number of rotatable bonds is 9. The second-order valence-corrected chi connectivity index (χ2v) is 16.3. The highest BCUT2D eigenvalue weighted by Gasteiger charge is 2.50. The summed E-state index contributed by atoms with van der Waals surface area (Å²) in [5.74, 6) is 0.440. The van der Waals surface area contributed by atoms with Crippen molar-refractivity contribution >= 4 is 29.3 Å². The van der Waals surface area contributed by atoms with Crippen molar-refractivity contribution in [1.29, 1.82) is 5.26 Å². The zero-order valence-electron chi connectivity index (χ0n) is 28.7. The van der Waals surface area contributed by atoms with E-state index < -0.39 is 29.3 Å². The molecule has 5 rings (SSSR count). The Morgan fingerprint density at radius 1 is 0.978 bits per heavy atom. The van der Waals surface area contributed by atoms with E-state index >= 15 is 0 Å². The summed E-state index contributed by atoms with van der Waals surface area (Å²) in [4.78, 5) is 54.4. The molecule has 1 heterocycles. The molecule has 5 atom stereocenters. The average Bonchev–Trinajstić information content (AvgIpc) is 3.68. The number of benzene rings is 1. The molecule has 1 aromatic rings. The number of nitrogens with zero attached hydrogens (tertiary/aromatic N) is 2. The Hall–Kier alpha value is -3.41. The molecule has 5 unspecified atom stereocenters. The lowest BCUT2D eigenvalue weighted by Crippen LogP contribution is -2.56. The average molecular weight is 634 g/mol. The van der Waals surface area contributed by atoms with E-state index in [0.717, 1.165) is 32.1 Å². The van der Waals surface area contributed by atoms with Crippen molar-refractivity contribution in [2.75, 3.05) is 18.4 Å². The van der Waals surface area contributed by atoms with Crippen molar-refractivity contribution in [3.8, 4) is 6.07 Å². The smallest absolute Gasteiger partial charge is 0.243 e. The molecule has 9 heteroatoms. The van der Waals surface area contributed by atoms with E-state index in [9.17, 15) is 24.4 Å². The summed E-state index contributed by atoms with van der Waals surface area (Å²) in [7, 11) is 0. The van der Waals surface area contributed by atoms with Gasteiger partial charge in [-0.15, -0.1) is 0 Å². The maximum Gasteiger partial charge on any atom is 0.243 e. The first-order valence-corrected chi connectivity index (χ1v) is 17.3. The monoisotopic (exact) mass is 633 g/mol. The number of anilines is 1. The Bertz CT molecular complexity index is 1260. The van der Waals surface area contributed by atoms with Gasteiger partial charge in [-0.25, -0.2) is 0 Å². The molecular weight excluding hydrogens is 578 g/mol. The second-order valence-electron chi connectivity index (χ2n) is 16.3. The molecule has 9 nitrogen and oxygen atoms in total. The normalized spacial score (nSPS) is 29.3. The lowest BCUT2D eigenvalue weighted by molar-refractivity contribution is -0.142. The number of carbonyl (C=O) groups excluding carboxylic acids is 4. The first-order chi connectivity index (χ1) is 21.7. The van der Waals surface area contributed by atoms with Crippen molar-refractivity contribution < 1.29 is 19.2 Å². The second kappa shape index (κ2) is 15.0. The number of amides is 4. The van der Waals surface area contributed by atoms with Crippen LogP contribution in [0, 0.1) is 51.8 Å². The Morgan fingerprint density at radius 3 is 2.15 bits per heavy atom. The molecule has 4 aliphatic rings. The fourth-order valence-corrected chi connectivity index (χ4v) is 7.79. The van der Waals surface area contributed by atoms with Gasteiger partial charge < -0.3 is 20.9 Å². The summed E-state index contributed by atoms with van der Waals surface area (Å²) in [5.41, 5.74) is 0.746. The summed E-state index contributed by atoms with van der Waals surface area (Å²) < 4.78 is 0. The summed E-state index contributed by atoms with van der Waals surface area (Å²) in [6.07, 6.45) is 7.86. The van der Waals surface area contributed by atoms with Crippen LogP contribution in [-0.2, 0) is 19.2 Å². The minimum Gasteiger partial charge on any atom is -0.345 e. The number of fused-ring (bicyclic) bond motifs is 2. The number of hydrogen-bond donors (Lipinski definition) is 3. The van der Waals surface area contributed by atoms with Crippen LogP contribution >= 0.6 is 0 Å². The fraction of sp³-hybridized carbons (Fsp3) is 0.703. The van der Waals surface area contributed by atoms with Gasteiger partial charge in [-0.2, -0.15) is 5.26 Å². The predicted octanol–water partition coefficient (Wildman–Crippen LogP) is 5.67. The SMILES string of the molecule is CC(C)(C)C.CC1CC2CC(C)CC(C(=O)NC(CC3CC3)C(=O)NCC(=O)N3CC(C(=O)Nc4ccccc4)CC3C#N)(C1)C2. The predicted molar refractivity (Wildman–Crippen MR) is 179 cm³/mol. The van der Waals surface area contributed by atoms with Crippen molar-refractivity contribution in [3.63, 3.8) is 0 Å². The zero-order chi connectivity index (χ0) is 33.6. The van der Waals surface area contributed by atoms with Gasteiger partial charge in [-0.3, -0.25) is 19.2 Å². The molecule has 0 aromatic heterocycles. The fourth-order valence-electron chi connectivity index (χ4n) is 7.79. The molecule has 3 N–H and O–H groups in total. The molecule has 252 valence electrons. The van der Waals surface area contributed by atoms with Crippen LogP contribution in [0.5, 0.6) is 0 Å². The van der Waals surface area contributed by atoms with Gasteiger partial charge in [0.15, 0.2) is 0 Å². The van der Waals surface area contributed by atoms with Crippen molar-refractivity contribution in [1.82, 2.24) is 15.5 Å². The van der Waals surface area contributed by atoms with Crippen molar-refractivity contribution in [2.45, 2.75) is 111 Å². The van der Waals surface area contributed by atoms with Crippen LogP contribution in [-0.4, -0.2) is 53.7 Å². The molecule has 4 amide bonds. The van der Waals surface area contributed by atoms with Crippen molar-refractivity contribution in [2.24, 2.45) is 40.4 Å². The summed E-state index contributed by atoms with van der Waals surface area (Å²) >= 11 is 0. The van der Waals surface area contributed by atoms with Gasteiger partial charge in [0.1, 0.15) is 12.1 Å². The highest BCUT2D eigenvalue weighted by atomic mass is 16.2. The van der Waals surface area contributed by atoms with E-state index in [1.807, 2.05) is 18.2 Å². The molecule has 1 aliphatic heterocycles. The number of likely N-dealkylation sites (tertiary alicyclic amines) is 1. The third kappa shape index (κ3) is 10.0. The topological polar surface area (TPSA) is 131 Å². The van der Waals surface area contributed by atoms with E-state index in [0.29, 0.717) is 41.2 Å². The third-order valence-electron chi connectivity index (χ3n) is 9.60. The van der Waals surface area contributed by atoms with Gasteiger partial charge in [-0.05, 0) is 86.2 Å². The molecule has 0 radical (unpaired) electrons. The van der Waals surface area contributed by atoms with Crippen molar-refractivity contribution in [3.05, 3.63) is 30.3 Å². The van der Waals surface area contributed by atoms with Crippen LogP contribution in [0.3, 0.4) is 0 Å². The minimum absolute atomic E-state index is 0.0101. The molecule has 46 heavy (non-hydrogen) atoms. The van der Waals surface area contributed by atoms with E-state index in [1.165, 1.54) is 17.7 Å². The maximum absolute atomic E-state index is 13.8. The molecule has 4 fully saturated rings. The first-order valence-electron chi connectivity index (χ1n) is 17.3. The Balaban J connectivity index is 0.000000892. The lowest BCUT2D eigenvalue weighted by Gasteiger charge is -2.49. The van der Waals surface area contributed by atoms with E-state index in [2.05, 4.69) is 63.6 Å². The summed E-state index contributed by atoms with van der Waals surface area (Å²) in [6, 6.07) is 9.78.